The molecule has 2 aromatic rings. The molecule has 1 unspecified atom stereocenters. The molecule has 1 aromatic heterocycles. The van der Waals surface area contributed by atoms with Gasteiger partial charge in [0.2, 0.25) is 0 Å². The lowest BCUT2D eigenvalue weighted by molar-refractivity contribution is -0.146. The lowest BCUT2D eigenvalue weighted by atomic mass is 10.2. The first-order valence-electron chi connectivity index (χ1n) is 8.96. The van der Waals surface area contributed by atoms with E-state index in [1.54, 1.807) is 0 Å². The van der Waals surface area contributed by atoms with E-state index in [-0.39, 0.29) is 22.1 Å². The van der Waals surface area contributed by atoms with Crippen LogP contribution in [-0.4, -0.2) is 32.8 Å². The van der Waals surface area contributed by atoms with Crippen molar-refractivity contribution in [2.24, 2.45) is 0 Å². The van der Waals surface area contributed by atoms with E-state index < -0.39 is 39.7 Å². The van der Waals surface area contributed by atoms with E-state index in [0.717, 1.165) is 25.1 Å². The van der Waals surface area contributed by atoms with Crippen LogP contribution in [-0.2, 0) is 22.9 Å². The molecule has 31 heavy (non-hydrogen) atoms. The van der Waals surface area contributed by atoms with Crippen molar-refractivity contribution in [3.05, 3.63) is 46.2 Å². The van der Waals surface area contributed by atoms with Gasteiger partial charge in [-0.05, 0) is 37.8 Å². The molecule has 2 heterocycles. The molecule has 0 aliphatic carbocycles. The van der Waals surface area contributed by atoms with Gasteiger partial charge in [0.25, 0.3) is 5.91 Å². The summed E-state index contributed by atoms with van der Waals surface area (Å²) >= 11 is 6.32. The van der Waals surface area contributed by atoms with Gasteiger partial charge in [-0.1, -0.05) is 11.6 Å². The minimum Gasteiger partial charge on any atom is -0.337 e. The number of nitrogens with zero attached hydrogens (tertiary/aromatic N) is 1. The minimum atomic E-state index is -4.65. The minimum absolute atomic E-state index is 0.0235. The van der Waals surface area contributed by atoms with Gasteiger partial charge >= 0.3 is 6.18 Å². The first kappa shape index (κ1) is 23.4. The Morgan fingerprint density at radius 2 is 1.97 bits per heavy atom. The largest absolute Gasteiger partial charge is 0.404 e. The number of hydrogen-bond donors (Lipinski definition) is 3. The first-order valence-corrected chi connectivity index (χ1v) is 11.1. The molecule has 0 bridgehead atoms. The van der Waals surface area contributed by atoms with Crippen LogP contribution in [0.5, 0.6) is 0 Å². The van der Waals surface area contributed by atoms with Crippen LogP contribution in [0.25, 0.3) is 0 Å². The van der Waals surface area contributed by atoms with E-state index in [9.17, 15) is 31.0 Å². The first-order chi connectivity index (χ1) is 14.3. The summed E-state index contributed by atoms with van der Waals surface area (Å²) in [6.45, 7) is 1.17. The second-order valence-corrected chi connectivity index (χ2v) is 9.15. The topological polar surface area (TPSA) is 75.2 Å². The number of rotatable bonds is 6. The van der Waals surface area contributed by atoms with Gasteiger partial charge in [-0.15, -0.1) is 0 Å². The Labute approximate surface area is 180 Å². The molecule has 0 fully saturated rings. The maximum Gasteiger partial charge on any atom is 0.404 e. The zero-order chi connectivity index (χ0) is 23.1. The summed E-state index contributed by atoms with van der Waals surface area (Å²) in [6.07, 6.45) is -3.62. The van der Waals surface area contributed by atoms with Crippen LogP contribution >= 0.6 is 11.6 Å². The normalized spacial score (nSPS) is 16.5. The highest BCUT2D eigenvalue weighted by molar-refractivity contribution is 7.99. The number of fused-ring (bicyclic) bond motifs is 1. The van der Waals surface area contributed by atoms with E-state index in [1.807, 2.05) is 4.72 Å². The number of anilines is 2. The number of benzene rings is 1. The van der Waals surface area contributed by atoms with Crippen molar-refractivity contribution in [1.29, 1.82) is 0 Å². The summed E-state index contributed by atoms with van der Waals surface area (Å²) in [5.41, 5.74) is 0.417. The molecule has 0 saturated carbocycles. The average Bonchev–Trinajstić information content (AvgIpc) is 3.19. The van der Waals surface area contributed by atoms with Crippen molar-refractivity contribution < 1.29 is 31.0 Å². The van der Waals surface area contributed by atoms with E-state index >= 15 is 0 Å². The standard InChI is InChI=1S/C18H18ClF5N4O2S/c1-9(18(22,23)24)26-31(2,30)27-15-13-4-3-7-28(13)16(14(15)19)17(29)25-10-5-6-11(20)12(21)8-10/h5-6,8-9H,2-4,7H2,1H3,(H,25,29)(H2,26,27,30)/t9-,31?/m1/s1. The quantitative estimate of drug-likeness (QED) is 0.426. The van der Waals surface area contributed by atoms with E-state index in [2.05, 4.69) is 15.9 Å². The summed E-state index contributed by atoms with van der Waals surface area (Å²) in [7, 11) is -3.68. The van der Waals surface area contributed by atoms with E-state index in [1.165, 1.54) is 4.57 Å². The van der Waals surface area contributed by atoms with Crippen molar-refractivity contribution in [1.82, 2.24) is 9.29 Å². The molecular weight excluding hydrogens is 467 g/mol. The van der Waals surface area contributed by atoms with Crippen LogP contribution in [0.3, 0.4) is 0 Å². The number of alkyl halides is 3. The third kappa shape index (κ3) is 4.96. The van der Waals surface area contributed by atoms with Crippen molar-refractivity contribution in [3.63, 3.8) is 0 Å². The Hall–Kier alpha value is -2.31. The molecule has 1 aliphatic rings. The lowest BCUT2D eigenvalue weighted by Gasteiger charge is -2.21. The van der Waals surface area contributed by atoms with Gasteiger partial charge in [0.1, 0.15) is 21.6 Å². The summed E-state index contributed by atoms with van der Waals surface area (Å²) in [5.74, 6) is 0.289. The lowest BCUT2D eigenvalue weighted by Crippen LogP contribution is -2.45. The van der Waals surface area contributed by atoms with Gasteiger partial charge in [0.05, 0.1) is 10.7 Å². The third-order valence-electron chi connectivity index (χ3n) is 4.62. The molecule has 13 heteroatoms. The highest BCUT2D eigenvalue weighted by Gasteiger charge is 2.38. The zero-order valence-electron chi connectivity index (χ0n) is 16.1. The third-order valence-corrected chi connectivity index (χ3v) is 6.26. The number of halogens is 6. The Bertz CT molecular complexity index is 1130. The number of amides is 1. The fourth-order valence-corrected chi connectivity index (χ4v) is 4.90. The van der Waals surface area contributed by atoms with Gasteiger partial charge in [-0.25, -0.2) is 17.7 Å². The van der Waals surface area contributed by atoms with Crippen molar-refractivity contribution in [2.45, 2.75) is 38.5 Å². The van der Waals surface area contributed by atoms with Crippen LogP contribution in [0.2, 0.25) is 5.02 Å². The predicted octanol–water partition coefficient (Wildman–Crippen LogP) is 4.12. The Morgan fingerprint density at radius 1 is 1.29 bits per heavy atom. The van der Waals surface area contributed by atoms with Crippen LogP contribution in [0.4, 0.5) is 33.3 Å². The van der Waals surface area contributed by atoms with Gasteiger partial charge < -0.3 is 9.88 Å². The van der Waals surface area contributed by atoms with Crippen LogP contribution in [0.1, 0.15) is 29.5 Å². The molecule has 1 aliphatic heterocycles. The summed E-state index contributed by atoms with van der Waals surface area (Å²) in [4.78, 5) is 12.8. The zero-order valence-corrected chi connectivity index (χ0v) is 17.6. The fourth-order valence-electron chi connectivity index (χ4n) is 3.18. The Morgan fingerprint density at radius 3 is 2.58 bits per heavy atom. The molecule has 0 radical (unpaired) electrons. The second-order valence-electron chi connectivity index (χ2n) is 6.98. The molecule has 1 aromatic carbocycles. The molecule has 3 N–H and O–H groups in total. The summed E-state index contributed by atoms with van der Waals surface area (Å²) < 4.78 is 83.4. The highest BCUT2D eigenvalue weighted by Crippen LogP contribution is 2.38. The van der Waals surface area contributed by atoms with E-state index in [4.69, 9.17) is 11.6 Å². The SMILES string of the molecule is C=S(=O)(Nc1c(Cl)c(C(=O)Nc2ccc(F)c(F)c2)n2c1CCC2)N[C@H](C)C(F)(F)F. The number of aromatic nitrogens is 1. The smallest absolute Gasteiger partial charge is 0.337 e. The molecule has 1 amide bonds. The summed E-state index contributed by atoms with van der Waals surface area (Å²) in [5, 5.41) is 2.22. The molecule has 0 spiro atoms. The van der Waals surface area contributed by atoms with Gasteiger partial charge in [0.15, 0.2) is 11.6 Å². The monoisotopic (exact) mass is 484 g/mol. The number of nitrogens with one attached hydrogen (secondary N) is 3. The maximum absolute atomic E-state index is 13.4. The van der Waals surface area contributed by atoms with Crippen molar-refractivity contribution >= 4 is 44.6 Å². The highest BCUT2D eigenvalue weighted by atomic mass is 35.5. The van der Waals surface area contributed by atoms with Gasteiger partial charge in [0, 0.05) is 24.0 Å². The van der Waals surface area contributed by atoms with Crippen molar-refractivity contribution in [2.75, 3.05) is 10.0 Å². The van der Waals surface area contributed by atoms with Gasteiger partial charge in [-0.2, -0.15) is 13.2 Å². The Kier molecular flexibility index (Phi) is 6.27. The van der Waals surface area contributed by atoms with Gasteiger partial charge in [-0.3, -0.25) is 9.52 Å². The number of carbonyl (C=O) groups is 1. The average molecular weight is 485 g/mol. The van der Waals surface area contributed by atoms with Crippen LogP contribution in [0, 0.1) is 11.6 Å². The molecular formula is C18H18ClF5N4O2S. The fraction of sp³-hybridized carbons (Fsp3) is 0.333. The summed E-state index contributed by atoms with van der Waals surface area (Å²) in [6, 6.07) is 0.672. The maximum atomic E-state index is 13.4. The number of hydrogen-bond acceptors (Lipinski definition) is 2. The molecule has 0 saturated heterocycles. The molecule has 6 nitrogen and oxygen atoms in total. The van der Waals surface area contributed by atoms with Crippen LogP contribution in [0.15, 0.2) is 18.2 Å². The van der Waals surface area contributed by atoms with E-state index in [0.29, 0.717) is 25.1 Å². The Balaban J connectivity index is 1.90. The molecule has 3 rings (SSSR count). The van der Waals surface area contributed by atoms with Crippen molar-refractivity contribution in [3.8, 4) is 0 Å². The molecule has 2 atom stereocenters. The number of carbonyl (C=O) groups excluding carboxylic acids is 1. The predicted molar refractivity (Wildman–Crippen MR) is 110 cm³/mol. The molecule has 170 valence electrons. The second kappa shape index (κ2) is 8.32. The van der Waals surface area contributed by atoms with Crippen LogP contribution < -0.4 is 14.8 Å².